The van der Waals surface area contributed by atoms with E-state index >= 15 is 0 Å². The van der Waals surface area contributed by atoms with Crippen LogP contribution < -0.4 is 10.1 Å². The predicted octanol–water partition coefficient (Wildman–Crippen LogP) is 3.74. The minimum atomic E-state index is 0.320. The molecule has 0 bridgehead atoms. The number of nitrogens with one attached hydrogen (secondary N) is 1. The molecule has 2 nitrogen and oxygen atoms in total. The first kappa shape index (κ1) is 14.0. The quantitative estimate of drug-likeness (QED) is 0.767. The second kappa shape index (κ2) is 5.79. The zero-order valence-corrected chi connectivity index (χ0v) is 13.2. The van der Waals surface area contributed by atoms with Crippen LogP contribution in [0.2, 0.25) is 0 Å². The maximum absolute atomic E-state index is 5.60. The Bertz CT molecular complexity index is 526. The average Bonchev–Trinajstić information content (AvgIpc) is 3.30. The van der Waals surface area contributed by atoms with Crippen molar-refractivity contribution in [3.63, 3.8) is 0 Å². The fourth-order valence-corrected chi connectivity index (χ4v) is 3.39. The summed E-state index contributed by atoms with van der Waals surface area (Å²) in [5, 5.41) is 3.62. The molecule has 0 heterocycles. The third kappa shape index (κ3) is 3.19. The molecule has 0 radical (unpaired) electrons. The van der Waals surface area contributed by atoms with Gasteiger partial charge in [-0.05, 0) is 55.2 Å². The van der Waals surface area contributed by atoms with Gasteiger partial charge in [0.05, 0.1) is 0 Å². The molecule has 0 amide bonds. The molecule has 3 heteroatoms. The van der Waals surface area contributed by atoms with Gasteiger partial charge in [0.15, 0.2) is 0 Å². The highest BCUT2D eigenvalue weighted by Gasteiger charge is 2.53. The molecule has 0 aromatic heterocycles. The lowest BCUT2D eigenvalue weighted by atomic mass is 10.0. The molecule has 106 valence electrons. The molecule has 2 aliphatic rings. The van der Waals surface area contributed by atoms with Crippen LogP contribution in [-0.4, -0.2) is 13.2 Å². The Morgan fingerprint density at radius 3 is 2.85 bits per heavy atom. The highest BCUT2D eigenvalue weighted by molar-refractivity contribution is 9.10. The van der Waals surface area contributed by atoms with Crippen LogP contribution in [0.3, 0.4) is 0 Å². The standard InChI is InChI=1S/C17H20BrNO/c1-2-9-20-16-6-5-15(18)10-13(16)11-19-12-17(7-8-17)14-3-4-14/h1,5-6,10,14,19H,3-4,7-9,11-12H2. The molecule has 20 heavy (non-hydrogen) atoms. The van der Waals surface area contributed by atoms with Crippen LogP contribution in [0, 0.1) is 23.7 Å². The Morgan fingerprint density at radius 1 is 1.40 bits per heavy atom. The summed E-state index contributed by atoms with van der Waals surface area (Å²) in [4.78, 5) is 0. The molecule has 2 fully saturated rings. The van der Waals surface area contributed by atoms with E-state index in [2.05, 4.69) is 33.2 Å². The number of hydrogen-bond donors (Lipinski definition) is 1. The highest BCUT2D eigenvalue weighted by Crippen LogP contribution is 2.60. The van der Waals surface area contributed by atoms with Gasteiger partial charge in [0.1, 0.15) is 12.4 Å². The van der Waals surface area contributed by atoms with Crippen LogP contribution in [0.1, 0.15) is 31.2 Å². The summed E-state index contributed by atoms with van der Waals surface area (Å²) in [5.74, 6) is 4.40. The summed E-state index contributed by atoms with van der Waals surface area (Å²) in [6.07, 6.45) is 11.0. The molecule has 2 saturated carbocycles. The van der Waals surface area contributed by atoms with Crippen LogP contribution in [0.5, 0.6) is 5.75 Å². The van der Waals surface area contributed by atoms with Crippen molar-refractivity contribution < 1.29 is 4.74 Å². The minimum absolute atomic E-state index is 0.320. The van der Waals surface area contributed by atoms with Gasteiger partial charge in [-0.15, -0.1) is 6.42 Å². The van der Waals surface area contributed by atoms with Gasteiger partial charge in [-0.25, -0.2) is 0 Å². The lowest BCUT2D eigenvalue weighted by Gasteiger charge is -2.16. The van der Waals surface area contributed by atoms with Gasteiger partial charge in [0.25, 0.3) is 0 Å². The van der Waals surface area contributed by atoms with E-state index in [1.807, 2.05) is 12.1 Å². The molecule has 0 aliphatic heterocycles. The van der Waals surface area contributed by atoms with Crippen molar-refractivity contribution in [1.29, 1.82) is 0 Å². The maximum Gasteiger partial charge on any atom is 0.148 e. The number of terminal acetylenes is 1. The molecular weight excluding hydrogens is 314 g/mol. The Labute approximate surface area is 129 Å². The van der Waals surface area contributed by atoms with Crippen molar-refractivity contribution in [2.24, 2.45) is 11.3 Å². The van der Waals surface area contributed by atoms with E-state index in [1.165, 1.54) is 31.2 Å². The lowest BCUT2D eigenvalue weighted by Crippen LogP contribution is -2.25. The van der Waals surface area contributed by atoms with E-state index in [0.29, 0.717) is 12.0 Å². The maximum atomic E-state index is 5.60. The van der Waals surface area contributed by atoms with E-state index in [-0.39, 0.29) is 0 Å². The van der Waals surface area contributed by atoms with E-state index in [0.717, 1.165) is 29.2 Å². The largest absolute Gasteiger partial charge is 0.481 e. The Kier molecular flexibility index (Phi) is 4.05. The van der Waals surface area contributed by atoms with Crippen LogP contribution >= 0.6 is 15.9 Å². The molecule has 2 aliphatic carbocycles. The topological polar surface area (TPSA) is 21.3 Å². The molecule has 1 aromatic rings. The summed E-state index contributed by atoms with van der Waals surface area (Å²) in [5.41, 5.74) is 1.80. The molecule has 1 aromatic carbocycles. The zero-order chi connectivity index (χ0) is 14.0. The molecule has 3 rings (SSSR count). The Hall–Kier alpha value is -0.980. The Balaban J connectivity index is 1.58. The van der Waals surface area contributed by atoms with Gasteiger partial charge < -0.3 is 10.1 Å². The van der Waals surface area contributed by atoms with Gasteiger partial charge in [-0.2, -0.15) is 0 Å². The number of hydrogen-bond acceptors (Lipinski definition) is 2. The smallest absolute Gasteiger partial charge is 0.148 e. The Morgan fingerprint density at radius 2 is 2.20 bits per heavy atom. The monoisotopic (exact) mass is 333 g/mol. The van der Waals surface area contributed by atoms with E-state index < -0.39 is 0 Å². The van der Waals surface area contributed by atoms with Gasteiger partial charge in [0.2, 0.25) is 0 Å². The second-order valence-electron chi connectivity index (χ2n) is 5.99. The lowest BCUT2D eigenvalue weighted by molar-refractivity contribution is 0.360. The van der Waals surface area contributed by atoms with Crippen LogP contribution in [0.4, 0.5) is 0 Å². The molecule has 0 spiro atoms. The van der Waals surface area contributed by atoms with Crippen molar-refractivity contribution in [1.82, 2.24) is 5.32 Å². The third-order valence-corrected chi connectivity index (χ3v) is 4.95. The van der Waals surface area contributed by atoms with Gasteiger partial charge in [-0.3, -0.25) is 0 Å². The summed E-state index contributed by atoms with van der Waals surface area (Å²) < 4.78 is 6.68. The average molecular weight is 334 g/mol. The summed E-state index contributed by atoms with van der Waals surface area (Å²) in [6, 6.07) is 6.07. The van der Waals surface area contributed by atoms with E-state index in [9.17, 15) is 0 Å². The van der Waals surface area contributed by atoms with Crippen molar-refractivity contribution in [3.8, 4) is 18.1 Å². The number of halogens is 1. The van der Waals surface area contributed by atoms with Crippen LogP contribution in [0.25, 0.3) is 0 Å². The normalized spacial score (nSPS) is 19.4. The van der Waals surface area contributed by atoms with Crippen molar-refractivity contribution in [2.75, 3.05) is 13.2 Å². The first-order valence-corrected chi connectivity index (χ1v) is 8.08. The summed E-state index contributed by atoms with van der Waals surface area (Å²) in [6.45, 7) is 2.30. The van der Waals surface area contributed by atoms with Crippen molar-refractivity contribution in [2.45, 2.75) is 32.2 Å². The number of benzene rings is 1. The first-order chi connectivity index (χ1) is 9.73. The van der Waals surface area contributed by atoms with Crippen LogP contribution in [-0.2, 0) is 6.54 Å². The summed E-state index contributed by atoms with van der Waals surface area (Å²) in [7, 11) is 0. The third-order valence-electron chi connectivity index (χ3n) is 4.46. The number of ether oxygens (including phenoxy) is 1. The molecular formula is C17H20BrNO. The van der Waals surface area contributed by atoms with Crippen molar-refractivity contribution in [3.05, 3.63) is 28.2 Å². The van der Waals surface area contributed by atoms with Crippen LogP contribution in [0.15, 0.2) is 22.7 Å². The van der Waals surface area contributed by atoms with Gasteiger partial charge in [0, 0.05) is 23.1 Å². The van der Waals surface area contributed by atoms with E-state index in [1.54, 1.807) is 0 Å². The fraction of sp³-hybridized carbons (Fsp3) is 0.529. The SMILES string of the molecule is C#CCOc1ccc(Br)cc1CNCC1(C2CC2)CC1. The van der Waals surface area contributed by atoms with E-state index in [4.69, 9.17) is 11.2 Å². The van der Waals surface area contributed by atoms with Crippen molar-refractivity contribution >= 4 is 15.9 Å². The minimum Gasteiger partial charge on any atom is -0.481 e. The molecule has 1 N–H and O–H groups in total. The number of rotatable bonds is 7. The highest BCUT2D eigenvalue weighted by atomic mass is 79.9. The van der Waals surface area contributed by atoms with Gasteiger partial charge >= 0.3 is 0 Å². The predicted molar refractivity (Wildman–Crippen MR) is 84.6 cm³/mol. The molecule has 0 atom stereocenters. The molecule has 0 unspecified atom stereocenters. The van der Waals surface area contributed by atoms with Gasteiger partial charge in [-0.1, -0.05) is 21.9 Å². The first-order valence-electron chi connectivity index (χ1n) is 7.29. The summed E-state index contributed by atoms with van der Waals surface area (Å²) >= 11 is 3.52. The second-order valence-corrected chi connectivity index (χ2v) is 6.90. The fourth-order valence-electron chi connectivity index (χ4n) is 2.98. The zero-order valence-electron chi connectivity index (χ0n) is 11.6. The molecule has 0 saturated heterocycles.